The number of hydrogen-bond donors (Lipinski definition) is 1. The van der Waals surface area contributed by atoms with Gasteiger partial charge in [-0.05, 0) is 38.8 Å². The van der Waals surface area contributed by atoms with Crippen LogP contribution in [0.1, 0.15) is 29.8 Å². The molecule has 0 bridgehead atoms. The first kappa shape index (κ1) is 16.2. The molecule has 24 heavy (non-hydrogen) atoms. The largest absolute Gasteiger partial charge is 0.480 e. The van der Waals surface area contributed by atoms with Crippen LogP contribution in [0.5, 0.6) is 0 Å². The Labute approximate surface area is 140 Å². The van der Waals surface area contributed by atoms with Crippen molar-refractivity contribution in [2.24, 2.45) is 0 Å². The van der Waals surface area contributed by atoms with Gasteiger partial charge in [-0.3, -0.25) is 4.79 Å². The van der Waals surface area contributed by atoms with Crippen LogP contribution < -0.4 is 0 Å². The second-order valence-corrected chi connectivity index (χ2v) is 6.16. The number of benzene rings is 1. The van der Waals surface area contributed by atoms with Gasteiger partial charge in [0.25, 0.3) is 0 Å². The van der Waals surface area contributed by atoms with Gasteiger partial charge in [0.15, 0.2) is 0 Å². The number of aromatic nitrogens is 2. The standard InChI is InChI=1S/C18H21N3O3/c1-12-15(11-17(22)20-10-6-9-16(20)18(23)24)13(2)21(19-12)14-7-4-3-5-8-14/h3-5,7-8,16H,6,9-11H2,1-2H3,(H,23,24)/t16-/m0/s1. The van der Waals surface area contributed by atoms with Crippen LogP contribution in [-0.2, 0) is 16.0 Å². The van der Waals surface area contributed by atoms with Crippen LogP contribution in [0, 0.1) is 13.8 Å². The van der Waals surface area contributed by atoms with Gasteiger partial charge in [-0.25, -0.2) is 9.48 Å². The first-order valence-corrected chi connectivity index (χ1v) is 8.12. The van der Waals surface area contributed by atoms with Crippen molar-refractivity contribution in [2.75, 3.05) is 6.54 Å². The molecular formula is C18H21N3O3. The number of aryl methyl sites for hydroxylation is 1. The van der Waals surface area contributed by atoms with E-state index in [0.717, 1.165) is 29.1 Å². The van der Waals surface area contributed by atoms with Crippen molar-refractivity contribution in [3.8, 4) is 5.69 Å². The summed E-state index contributed by atoms with van der Waals surface area (Å²) >= 11 is 0. The van der Waals surface area contributed by atoms with Crippen molar-refractivity contribution in [3.63, 3.8) is 0 Å². The van der Waals surface area contributed by atoms with Crippen LogP contribution >= 0.6 is 0 Å². The molecule has 1 aromatic heterocycles. The molecule has 3 rings (SSSR count). The molecule has 1 aliphatic rings. The Kier molecular flexibility index (Phi) is 4.38. The van der Waals surface area contributed by atoms with Crippen LogP contribution in [0.3, 0.4) is 0 Å². The molecule has 6 heteroatoms. The molecule has 1 atom stereocenters. The minimum atomic E-state index is -0.922. The van der Waals surface area contributed by atoms with E-state index < -0.39 is 12.0 Å². The van der Waals surface area contributed by atoms with Gasteiger partial charge in [0.1, 0.15) is 6.04 Å². The summed E-state index contributed by atoms with van der Waals surface area (Å²) in [6.45, 7) is 4.34. The van der Waals surface area contributed by atoms with Gasteiger partial charge in [-0.2, -0.15) is 5.10 Å². The zero-order valence-electron chi connectivity index (χ0n) is 13.9. The number of carboxylic acid groups (broad SMARTS) is 1. The van der Waals surface area contributed by atoms with E-state index in [1.54, 1.807) is 0 Å². The third-order valence-electron chi connectivity index (χ3n) is 4.63. The van der Waals surface area contributed by atoms with Crippen LogP contribution in [0.4, 0.5) is 0 Å². The highest BCUT2D eigenvalue weighted by atomic mass is 16.4. The lowest BCUT2D eigenvalue weighted by atomic mass is 10.1. The Morgan fingerprint density at radius 2 is 1.96 bits per heavy atom. The fourth-order valence-electron chi connectivity index (χ4n) is 3.33. The molecule has 6 nitrogen and oxygen atoms in total. The topological polar surface area (TPSA) is 75.4 Å². The average Bonchev–Trinajstić information content (AvgIpc) is 3.16. The van der Waals surface area contributed by atoms with Gasteiger partial charge in [-0.15, -0.1) is 0 Å². The maximum atomic E-state index is 12.6. The second kappa shape index (κ2) is 6.47. The van der Waals surface area contributed by atoms with Gasteiger partial charge in [0.2, 0.25) is 5.91 Å². The molecule has 0 spiro atoms. The first-order chi connectivity index (χ1) is 11.5. The van der Waals surface area contributed by atoms with Crippen LogP contribution in [0.2, 0.25) is 0 Å². The van der Waals surface area contributed by atoms with Crippen molar-refractivity contribution < 1.29 is 14.7 Å². The van der Waals surface area contributed by atoms with Gasteiger partial charge in [-0.1, -0.05) is 18.2 Å². The predicted octanol–water partition coefficient (Wildman–Crippen LogP) is 2.11. The monoisotopic (exact) mass is 327 g/mol. The number of carboxylic acids is 1. The summed E-state index contributed by atoms with van der Waals surface area (Å²) in [5.74, 6) is -1.06. The third-order valence-corrected chi connectivity index (χ3v) is 4.63. The van der Waals surface area contributed by atoms with Crippen molar-refractivity contribution in [2.45, 2.75) is 39.2 Å². The van der Waals surface area contributed by atoms with Crippen LogP contribution in [0.15, 0.2) is 30.3 Å². The average molecular weight is 327 g/mol. The van der Waals surface area contributed by atoms with Crippen molar-refractivity contribution in [1.82, 2.24) is 14.7 Å². The highest BCUT2D eigenvalue weighted by Gasteiger charge is 2.34. The minimum absolute atomic E-state index is 0.140. The SMILES string of the molecule is Cc1nn(-c2ccccc2)c(C)c1CC(=O)N1CCC[C@H]1C(=O)O. The number of rotatable bonds is 4. The molecule has 0 unspecified atom stereocenters. The van der Waals surface area contributed by atoms with E-state index in [1.807, 2.05) is 48.9 Å². The summed E-state index contributed by atoms with van der Waals surface area (Å²) < 4.78 is 1.83. The number of hydrogen-bond acceptors (Lipinski definition) is 3. The predicted molar refractivity (Wildman–Crippen MR) is 89.1 cm³/mol. The summed E-state index contributed by atoms with van der Waals surface area (Å²) in [5, 5.41) is 13.8. The maximum absolute atomic E-state index is 12.6. The molecule has 0 radical (unpaired) electrons. The molecule has 1 fully saturated rings. The number of nitrogens with zero attached hydrogens (tertiary/aromatic N) is 3. The molecule has 2 heterocycles. The Bertz CT molecular complexity index is 767. The fraction of sp³-hybridized carbons (Fsp3) is 0.389. The van der Waals surface area contributed by atoms with Crippen molar-refractivity contribution in [1.29, 1.82) is 0 Å². The molecule has 1 aromatic carbocycles. The molecule has 1 saturated heterocycles. The lowest BCUT2D eigenvalue weighted by Gasteiger charge is -2.21. The van der Waals surface area contributed by atoms with E-state index in [9.17, 15) is 14.7 Å². The zero-order valence-corrected chi connectivity index (χ0v) is 13.9. The van der Waals surface area contributed by atoms with E-state index in [0.29, 0.717) is 13.0 Å². The lowest BCUT2D eigenvalue weighted by Crippen LogP contribution is -2.41. The molecule has 0 saturated carbocycles. The molecular weight excluding hydrogens is 306 g/mol. The number of carbonyl (C=O) groups excluding carboxylic acids is 1. The van der Waals surface area contributed by atoms with Crippen LogP contribution in [0.25, 0.3) is 5.69 Å². The van der Waals surface area contributed by atoms with E-state index in [4.69, 9.17) is 0 Å². The fourth-order valence-corrected chi connectivity index (χ4v) is 3.33. The van der Waals surface area contributed by atoms with Gasteiger partial charge in [0, 0.05) is 17.8 Å². The third kappa shape index (κ3) is 2.91. The molecule has 0 aliphatic carbocycles. The number of para-hydroxylation sites is 1. The number of carbonyl (C=O) groups is 2. The zero-order chi connectivity index (χ0) is 17.3. The summed E-state index contributed by atoms with van der Waals surface area (Å²) in [7, 11) is 0. The van der Waals surface area contributed by atoms with E-state index in [2.05, 4.69) is 5.10 Å². The van der Waals surface area contributed by atoms with Gasteiger partial charge < -0.3 is 10.0 Å². The highest BCUT2D eigenvalue weighted by Crippen LogP contribution is 2.22. The second-order valence-electron chi connectivity index (χ2n) is 6.16. The first-order valence-electron chi connectivity index (χ1n) is 8.12. The Balaban J connectivity index is 1.84. The van der Waals surface area contributed by atoms with Crippen LogP contribution in [-0.4, -0.2) is 44.3 Å². The summed E-state index contributed by atoms with van der Waals surface area (Å²) in [6, 6.07) is 9.07. The lowest BCUT2D eigenvalue weighted by molar-refractivity contribution is -0.148. The smallest absolute Gasteiger partial charge is 0.326 e. The minimum Gasteiger partial charge on any atom is -0.480 e. The van der Waals surface area contributed by atoms with Gasteiger partial charge in [0.05, 0.1) is 17.8 Å². The maximum Gasteiger partial charge on any atom is 0.326 e. The summed E-state index contributed by atoms with van der Waals surface area (Å²) in [5.41, 5.74) is 3.54. The number of amides is 1. The molecule has 1 aliphatic heterocycles. The Hall–Kier alpha value is -2.63. The molecule has 1 N–H and O–H groups in total. The molecule has 2 aromatic rings. The summed E-state index contributed by atoms with van der Waals surface area (Å²) in [6.07, 6.45) is 1.46. The normalized spacial score (nSPS) is 17.2. The van der Waals surface area contributed by atoms with Crippen molar-refractivity contribution >= 4 is 11.9 Å². The Morgan fingerprint density at radius 1 is 1.25 bits per heavy atom. The molecule has 126 valence electrons. The summed E-state index contributed by atoms with van der Waals surface area (Å²) in [4.78, 5) is 25.4. The van der Waals surface area contributed by atoms with E-state index in [-0.39, 0.29) is 12.3 Å². The van der Waals surface area contributed by atoms with E-state index >= 15 is 0 Å². The number of aliphatic carboxylic acids is 1. The van der Waals surface area contributed by atoms with E-state index in [1.165, 1.54) is 4.90 Å². The quantitative estimate of drug-likeness (QED) is 0.933. The molecule has 1 amide bonds. The number of likely N-dealkylation sites (tertiary alicyclic amines) is 1. The highest BCUT2D eigenvalue weighted by molar-refractivity contribution is 5.85. The van der Waals surface area contributed by atoms with Crippen molar-refractivity contribution in [3.05, 3.63) is 47.3 Å². The Morgan fingerprint density at radius 3 is 2.62 bits per heavy atom. The van der Waals surface area contributed by atoms with Gasteiger partial charge >= 0.3 is 5.97 Å².